The molecule has 1 rings (SSSR count). The van der Waals surface area contributed by atoms with Crippen LogP contribution in [0.2, 0.25) is 0 Å². The van der Waals surface area contributed by atoms with Crippen LogP contribution in [0, 0.1) is 5.41 Å². The standard InChI is InChI=1S/C13H25NO2/c1-4-7-13(3)8-6-9-14(10-13)11(5-2)12(15)16/h11H,4-10H2,1-3H3,(H,15,16). The first kappa shape index (κ1) is 13.5. The Labute approximate surface area is 98.8 Å². The highest BCUT2D eigenvalue weighted by atomic mass is 16.4. The van der Waals surface area contributed by atoms with Gasteiger partial charge in [-0.2, -0.15) is 0 Å². The zero-order valence-corrected chi connectivity index (χ0v) is 10.8. The average molecular weight is 227 g/mol. The Hall–Kier alpha value is -0.570. The number of rotatable bonds is 5. The molecule has 0 aromatic rings. The lowest BCUT2D eigenvalue weighted by molar-refractivity contribution is -0.144. The fraction of sp³-hybridized carbons (Fsp3) is 0.923. The smallest absolute Gasteiger partial charge is 0.320 e. The average Bonchev–Trinajstić information content (AvgIpc) is 2.18. The largest absolute Gasteiger partial charge is 0.480 e. The van der Waals surface area contributed by atoms with Gasteiger partial charge in [-0.15, -0.1) is 0 Å². The van der Waals surface area contributed by atoms with Crippen molar-refractivity contribution in [1.29, 1.82) is 0 Å². The summed E-state index contributed by atoms with van der Waals surface area (Å²) in [6.45, 7) is 8.37. The van der Waals surface area contributed by atoms with Gasteiger partial charge in [0.2, 0.25) is 0 Å². The minimum Gasteiger partial charge on any atom is -0.480 e. The summed E-state index contributed by atoms with van der Waals surface area (Å²) in [7, 11) is 0. The zero-order valence-electron chi connectivity index (χ0n) is 10.8. The SMILES string of the molecule is CCCC1(C)CCCN(C(CC)C(=O)O)C1. The molecule has 0 aromatic heterocycles. The van der Waals surface area contributed by atoms with E-state index in [2.05, 4.69) is 18.7 Å². The number of hydrogen-bond donors (Lipinski definition) is 1. The van der Waals surface area contributed by atoms with Crippen LogP contribution in [-0.2, 0) is 4.79 Å². The van der Waals surface area contributed by atoms with E-state index in [9.17, 15) is 9.90 Å². The molecule has 3 heteroatoms. The molecule has 1 heterocycles. The van der Waals surface area contributed by atoms with Crippen molar-refractivity contribution in [2.45, 2.75) is 58.9 Å². The quantitative estimate of drug-likeness (QED) is 0.785. The first-order valence-electron chi connectivity index (χ1n) is 6.49. The Morgan fingerprint density at radius 3 is 2.69 bits per heavy atom. The fourth-order valence-electron chi connectivity index (χ4n) is 3.02. The van der Waals surface area contributed by atoms with Crippen molar-refractivity contribution in [3.05, 3.63) is 0 Å². The molecule has 1 saturated heterocycles. The van der Waals surface area contributed by atoms with Crippen molar-refractivity contribution in [3.8, 4) is 0 Å². The van der Waals surface area contributed by atoms with E-state index in [0.717, 1.165) is 19.5 Å². The molecule has 94 valence electrons. The van der Waals surface area contributed by atoms with Gasteiger partial charge in [-0.3, -0.25) is 9.69 Å². The predicted octanol–water partition coefficient (Wildman–Crippen LogP) is 2.75. The predicted molar refractivity (Wildman–Crippen MR) is 65.5 cm³/mol. The number of likely N-dealkylation sites (tertiary alicyclic amines) is 1. The monoisotopic (exact) mass is 227 g/mol. The van der Waals surface area contributed by atoms with Crippen molar-refractivity contribution in [2.24, 2.45) is 5.41 Å². The van der Waals surface area contributed by atoms with Crippen molar-refractivity contribution in [1.82, 2.24) is 4.90 Å². The summed E-state index contributed by atoms with van der Waals surface area (Å²) in [5, 5.41) is 9.18. The van der Waals surface area contributed by atoms with E-state index in [0.29, 0.717) is 11.8 Å². The molecule has 1 N–H and O–H groups in total. The summed E-state index contributed by atoms with van der Waals surface area (Å²) in [5.41, 5.74) is 0.329. The van der Waals surface area contributed by atoms with Gasteiger partial charge in [-0.1, -0.05) is 27.2 Å². The summed E-state index contributed by atoms with van der Waals surface area (Å²) >= 11 is 0. The van der Waals surface area contributed by atoms with Crippen LogP contribution in [0.1, 0.15) is 52.9 Å². The molecule has 0 radical (unpaired) electrons. The summed E-state index contributed by atoms with van der Waals surface area (Å²) in [5.74, 6) is -0.664. The summed E-state index contributed by atoms with van der Waals surface area (Å²) < 4.78 is 0. The molecule has 0 saturated carbocycles. The summed E-state index contributed by atoms with van der Waals surface area (Å²) in [4.78, 5) is 13.3. The third-order valence-corrected chi connectivity index (χ3v) is 3.78. The lowest BCUT2D eigenvalue weighted by atomic mass is 9.78. The van der Waals surface area contributed by atoms with E-state index in [1.165, 1.54) is 19.3 Å². The molecular weight excluding hydrogens is 202 g/mol. The number of carboxylic acids is 1. The van der Waals surface area contributed by atoms with E-state index in [1.54, 1.807) is 0 Å². The van der Waals surface area contributed by atoms with Crippen molar-refractivity contribution in [2.75, 3.05) is 13.1 Å². The van der Waals surface area contributed by atoms with Crippen LogP contribution in [0.4, 0.5) is 0 Å². The van der Waals surface area contributed by atoms with E-state index in [1.807, 2.05) is 6.92 Å². The van der Waals surface area contributed by atoms with Crippen LogP contribution in [0.3, 0.4) is 0 Å². The van der Waals surface area contributed by atoms with Gasteiger partial charge in [0.15, 0.2) is 0 Å². The van der Waals surface area contributed by atoms with Gasteiger partial charge in [-0.25, -0.2) is 0 Å². The number of carbonyl (C=O) groups is 1. The summed E-state index contributed by atoms with van der Waals surface area (Å²) in [6.07, 6.45) is 5.49. The lowest BCUT2D eigenvalue weighted by Crippen LogP contribution is -2.49. The number of aliphatic carboxylic acids is 1. The first-order valence-corrected chi connectivity index (χ1v) is 6.49. The Morgan fingerprint density at radius 1 is 1.50 bits per heavy atom. The maximum atomic E-state index is 11.2. The van der Waals surface area contributed by atoms with Gasteiger partial charge in [0.1, 0.15) is 6.04 Å². The topological polar surface area (TPSA) is 40.5 Å². The van der Waals surface area contributed by atoms with Crippen LogP contribution in [0.5, 0.6) is 0 Å². The van der Waals surface area contributed by atoms with Gasteiger partial charge in [0, 0.05) is 6.54 Å². The van der Waals surface area contributed by atoms with Gasteiger partial charge in [0.25, 0.3) is 0 Å². The van der Waals surface area contributed by atoms with Crippen molar-refractivity contribution < 1.29 is 9.90 Å². The van der Waals surface area contributed by atoms with E-state index in [4.69, 9.17) is 0 Å². The number of carboxylic acid groups (broad SMARTS) is 1. The highest BCUT2D eigenvalue weighted by Crippen LogP contribution is 2.34. The second-order valence-electron chi connectivity index (χ2n) is 5.40. The highest BCUT2D eigenvalue weighted by Gasteiger charge is 2.34. The Bertz CT molecular complexity index is 238. The molecule has 1 aliphatic heterocycles. The van der Waals surface area contributed by atoms with Gasteiger partial charge < -0.3 is 5.11 Å². The van der Waals surface area contributed by atoms with E-state index in [-0.39, 0.29) is 6.04 Å². The third kappa shape index (κ3) is 3.21. The van der Waals surface area contributed by atoms with Crippen molar-refractivity contribution >= 4 is 5.97 Å². The van der Waals surface area contributed by atoms with Gasteiger partial charge in [-0.05, 0) is 37.6 Å². The van der Waals surface area contributed by atoms with E-state index < -0.39 is 5.97 Å². The normalized spacial score (nSPS) is 28.9. The van der Waals surface area contributed by atoms with Crippen LogP contribution in [0.25, 0.3) is 0 Å². The van der Waals surface area contributed by atoms with Crippen LogP contribution >= 0.6 is 0 Å². The van der Waals surface area contributed by atoms with Crippen LogP contribution < -0.4 is 0 Å². The molecule has 0 bridgehead atoms. The lowest BCUT2D eigenvalue weighted by Gasteiger charge is -2.42. The minimum absolute atomic E-state index is 0.281. The van der Waals surface area contributed by atoms with Crippen molar-refractivity contribution in [3.63, 3.8) is 0 Å². The van der Waals surface area contributed by atoms with Crippen LogP contribution in [0.15, 0.2) is 0 Å². The molecule has 1 fully saturated rings. The third-order valence-electron chi connectivity index (χ3n) is 3.78. The molecule has 2 atom stereocenters. The second kappa shape index (κ2) is 5.67. The minimum atomic E-state index is -0.664. The van der Waals surface area contributed by atoms with Gasteiger partial charge in [0.05, 0.1) is 0 Å². The molecule has 0 aliphatic carbocycles. The van der Waals surface area contributed by atoms with Crippen LogP contribution in [-0.4, -0.2) is 35.1 Å². The summed E-state index contributed by atoms with van der Waals surface area (Å²) in [6, 6.07) is -0.281. The molecule has 3 nitrogen and oxygen atoms in total. The molecule has 16 heavy (non-hydrogen) atoms. The first-order chi connectivity index (χ1) is 7.52. The van der Waals surface area contributed by atoms with E-state index >= 15 is 0 Å². The number of piperidine rings is 1. The van der Waals surface area contributed by atoms with Gasteiger partial charge >= 0.3 is 5.97 Å². The Morgan fingerprint density at radius 2 is 2.19 bits per heavy atom. The second-order valence-corrected chi connectivity index (χ2v) is 5.40. The maximum Gasteiger partial charge on any atom is 0.320 e. The molecule has 0 aromatic carbocycles. The zero-order chi connectivity index (χ0) is 12.2. The molecule has 0 spiro atoms. The molecule has 0 amide bonds. The number of nitrogens with zero attached hydrogens (tertiary/aromatic N) is 1. The molecular formula is C13H25NO2. The maximum absolute atomic E-state index is 11.2. The Kier molecular flexibility index (Phi) is 4.78. The molecule has 2 unspecified atom stereocenters. The molecule has 1 aliphatic rings. The Balaban J connectivity index is 2.65. The number of hydrogen-bond acceptors (Lipinski definition) is 2. The fourth-order valence-corrected chi connectivity index (χ4v) is 3.02. The highest BCUT2D eigenvalue weighted by molar-refractivity contribution is 5.73.